The summed E-state index contributed by atoms with van der Waals surface area (Å²) in [5, 5.41) is 6.38. The summed E-state index contributed by atoms with van der Waals surface area (Å²) in [5.41, 5.74) is 0.219. The largest absolute Gasteiger partial charge is 0.334 e. The van der Waals surface area contributed by atoms with E-state index in [1.165, 1.54) is 6.20 Å². The molecule has 0 radical (unpaired) electrons. The number of aromatic nitrogens is 3. The molecule has 56 valence electrons. The smallest absolute Gasteiger partial charge is 0.187 e. The van der Waals surface area contributed by atoms with Gasteiger partial charge in [0.25, 0.3) is 0 Å². The minimum absolute atomic E-state index is 0.00264. The van der Waals surface area contributed by atoms with Crippen LogP contribution in [0.5, 0.6) is 0 Å². The van der Waals surface area contributed by atoms with Crippen LogP contribution in [0.3, 0.4) is 0 Å². The molecular formula is C4H4ClF2N3. The van der Waals surface area contributed by atoms with E-state index in [9.17, 15) is 8.78 Å². The first-order valence-corrected chi connectivity index (χ1v) is 3.02. The van der Waals surface area contributed by atoms with E-state index in [4.69, 9.17) is 11.6 Å². The van der Waals surface area contributed by atoms with Crippen LogP contribution in [0.4, 0.5) is 8.78 Å². The molecule has 0 bridgehead atoms. The highest BCUT2D eigenvalue weighted by Crippen LogP contribution is 2.11. The van der Waals surface area contributed by atoms with Crippen LogP contribution in [0.25, 0.3) is 0 Å². The topological polar surface area (TPSA) is 30.7 Å². The maximum atomic E-state index is 11.8. The fourth-order valence-electron chi connectivity index (χ4n) is 0.525. The number of alkyl halides is 3. The summed E-state index contributed by atoms with van der Waals surface area (Å²) in [4.78, 5) is 0. The van der Waals surface area contributed by atoms with Gasteiger partial charge in [-0.2, -0.15) is 13.5 Å². The van der Waals surface area contributed by atoms with Crippen molar-refractivity contribution in [2.45, 2.75) is 12.4 Å². The molecule has 0 N–H and O–H groups in total. The normalized spacial score (nSPS) is 10.8. The Hall–Kier alpha value is -0.710. The molecule has 1 aromatic rings. The van der Waals surface area contributed by atoms with E-state index in [0.29, 0.717) is 4.68 Å². The lowest BCUT2D eigenvalue weighted by molar-refractivity contribution is 0.0522. The van der Waals surface area contributed by atoms with Gasteiger partial charge in [0.2, 0.25) is 0 Å². The first-order chi connectivity index (χ1) is 4.75. The Morgan fingerprint density at radius 3 is 2.80 bits per heavy atom. The second-order valence-electron chi connectivity index (χ2n) is 1.58. The number of halogens is 3. The van der Waals surface area contributed by atoms with E-state index < -0.39 is 6.55 Å². The van der Waals surface area contributed by atoms with Crippen molar-refractivity contribution in [3.8, 4) is 0 Å². The van der Waals surface area contributed by atoms with E-state index in [-0.39, 0.29) is 11.6 Å². The third-order valence-corrected chi connectivity index (χ3v) is 1.24. The lowest BCUT2D eigenvalue weighted by Crippen LogP contribution is -2.03. The van der Waals surface area contributed by atoms with Crippen molar-refractivity contribution >= 4 is 11.6 Å². The second-order valence-corrected chi connectivity index (χ2v) is 1.85. The summed E-state index contributed by atoms with van der Waals surface area (Å²) in [5.74, 6) is -0.00264. The summed E-state index contributed by atoms with van der Waals surface area (Å²) in [7, 11) is 0. The molecule has 0 aliphatic heterocycles. The van der Waals surface area contributed by atoms with Crippen LogP contribution in [0.1, 0.15) is 12.2 Å². The van der Waals surface area contributed by atoms with Gasteiger partial charge < -0.3 is 0 Å². The molecule has 6 heteroatoms. The predicted molar refractivity (Wildman–Crippen MR) is 30.8 cm³/mol. The van der Waals surface area contributed by atoms with Crippen LogP contribution >= 0.6 is 11.6 Å². The Kier molecular flexibility index (Phi) is 2.16. The average molecular weight is 168 g/mol. The quantitative estimate of drug-likeness (QED) is 0.624. The first kappa shape index (κ1) is 7.40. The minimum Gasteiger partial charge on any atom is -0.187 e. The first-order valence-electron chi connectivity index (χ1n) is 2.49. The average Bonchev–Trinajstić information content (AvgIpc) is 2.33. The van der Waals surface area contributed by atoms with E-state index in [1.54, 1.807) is 0 Å². The van der Waals surface area contributed by atoms with Crippen LogP contribution in [0, 0.1) is 0 Å². The Morgan fingerprint density at radius 2 is 2.40 bits per heavy atom. The molecule has 0 unspecified atom stereocenters. The van der Waals surface area contributed by atoms with Crippen LogP contribution < -0.4 is 0 Å². The lowest BCUT2D eigenvalue weighted by atomic mass is 10.5. The monoisotopic (exact) mass is 167 g/mol. The Balaban J connectivity index is 2.90. The van der Waals surface area contributed by atoms with Crippen molar-refractivity contribution in [1.82, 2.24) is 15.0 Å². The zero-order valence-corrected chi connectivity index (χ0v) is 5.59. The molecule has 0 atom stereocenters. The van der Waals surface area contributed by atoms with Gasteiger partial charge in [-0.15, -0.1) is 16.7 Å². The second kappa shape index (κ2) is 2.92. The molecule has 0 spiro atoms. The van der Waals surface area contributed by atoms with E-state index in [0.717, 1.165) is 0 Å². The Bertz CT molecular complexity index is 212. The summed E-state index contributed by atoms with van der Waals surface area (Å²) in [6.07, 6.45) is 1.21. The molecule has 0 amide bonds. The fourth-order valence-corrected chi connectivity index (χ4v) is 0.716. The lowest BCUT2D eigenvalue weighted by Gasteiger charge is -1.98. The molecule has 1 aromatic heterocycles. The van der Waals surface area contributed by atoms with Crippen molar-refractivity contribution in [2.75, 3.05) is 0 Å². The van der Waals surface area contributed by atoms with Gasteiger partial charge in [-0.3, -0.25) is 0 Å². The third kappa shape index (κ3) is 1.23. The highest BCUT2D eigenvalue weighted by Gasteiger charge is 2.10. The standard InChI is InChI=1S/C4H4ClF2N3/c5-1-3-2-8-9-10(3)4(6)7/h2,4H,1H2. The zero-order valence-electron chi connectivity index (χ0n) is 4.84. The number of hydrogen-bond acceptors (Lipinski definition) is 2. The molecule has 1 heterocycles. The summed E-state index contributed by atoms with van der Waals surface area (Å²) in [6, 6.07) is 0. The van der Waals surface area contributed by atoms with Crippen molar-refractivity contribution in [3.05, 3.63) is 11.9 Å². The highest BCUT2D eigenvalue weighted by molar-refractivity contribution is 6.16. The van der Waals surface area contributed by atoms with Crippen LogP contribution in [-0.2, 0) is 5.88 Å². The predicted octanol–water partition coefficient (Wildman–Crippen LogP) is 1.41. The summed E-state index contributed by atoms with van der Waals surface area (Å²) >= 11 is 5.28. The van der Waals surface area contributed by atoms with Gasteiger partial charge >= 0.3 is 6.55 Å². The van der Waals surface area contributed by atoms with Crippen LogP contribution in [0.2, 0.25) is 0 Å². The van der Waals surface area contributed by atoms with Gasteiger partial charge in [0.15, 0.2) is 0 Å². The number of rotatable bonds is 2. The highest BCUT2D eigenvalue weighted by atomic mass is 35.5. The molecule has 10 heavy (non-hydrogen) atoms. The van der Waals surface area contributed by atoms with Crippen LogP contribution in [-0.4, -0.2) is 15.0 Å². The van der Waals surface area contributed by atoms with Crippen molar-refractivity contribution in [3.63, 3.8) is 0 Å². The van der Waals surface area contributed by atoms with Gasteiger partial charge in [0.1, 0.15) is 0 Å². The molecular weight excluding hydrogens is 164 g/mol. The Morgan fingerprint density at radius 1 is 1.70 bits per heavy atom. The summed E-state index contributed by atoms with van der Waals surface area (Å²) < 4.78 is 24.2. The van der Waals surface area contributed by atoms with E-state index >= 15 is 0 Å². The molecule has 1 rings (SSSR count). The molecule has 0 aliphatic rings. The van der Waals surface area contributed by atoms with Gasteiger partial charge in [-0.25, -0.2) is 0 Å². The SMILES string of the molecule is FC(F)n1nncc1CCl. The maximum Gasteiger partial charge on any atom is 0.334 e. The maximum absolute atomic E-state index is 11.8. The molecule has 0 aromatic carbocycles. The zero-order chi connectivity index (χ0) is 7.56. The van der Waals surface area contributed by atoms with Gasteiger partial charge in [-0.1, -0.05) is 5.21 Å². The molecule has 0 aliphatic carbocycles. The van der Waals surface area contributed by atoms with Crippen molar-refractivity contribution in [2.24, 2.45) is 0 Å². The van der Waals surface area contributed by atoms with Gasteiger partial charge in [-0.05, 0) is 0 Å². The third-order valence-electron chi connectivity index (χ3n) is 0.971. The van der Waals surface area contributed by atoms with Gasteiger partial charge in [0, 0.05) is 0 Å². The van der Waals surface area contributed by atoms with E-state index in [1.807, 2.05) is 0 Å². The molecule has 0 saturated heterocycles. The molecule has 0 fully saturated rings. The Labute approximate surface area is 60.6 Å². The number of hydrogen-bond donors (Lipinski definition) is 0. The fraction of sp³-hybridized carbons (Fsp3) is 0.500. The van der Waals surface area contributed by atoms with E-state index in [2.05, 4.69) is 10.3 Å². The van der Waals surface area contributed by atoms with Crippen LogP contribution in [0.15, 0.2) is 6.20 Å². The van der Waals surface area contributed by atoms with Crippen molar-refractivity contribution < 1.29 is 8.78 Å². The van der Waals surface area contributed by atoms with Crippen molar-refractivity contribution in [1.29, 1.82) is 0 Å². The molecule has 0 saturated carbocycles. The molecule has 3 nitrogen and oxygen atoms in total. The summed E-state index contributed by atoms with van der Waals surface area (Å²) in [6.45, 7) is -2.66. The number of nitrogens with zero attached hydrogens (tertiary/aromatic N) is 3. The minimum atomic E-state index is -2.66. The van der Waals surface area contributed by atoms with Gasteiger partial charge in [0.05, 0.1) is 17.8 Å².